The first-order chi connectivity index (χ1) is 12.6. The Morgan fingerprint density at radius 3 is 2.77 bits per heavy atom. The van der Waals surface area contributed by atoms with Crippen LogP contribution in [0.1, 0.15) is 6.42 Å². The Bertz CT molecular complexity index is 899. The number of rotatable bonds is 4. The summed E-state index contributed by atoms with van der Waals surface area (Å²) in [6.07, 6.45) is 0.198. The van der Waals surface area contributed by atoms with E-state index in [2.05, 4.69) is 15.3 Å². The van der Waals surface area contributed by atoms with Gasteiger partial charge >= 0.3 is 0 Å². The van der Waals surface area contributed by atoms with Crippen LogP contribution in [0.15, 0.2) is 36.5 Å². The third-order valence-corrected chi connectivity index (χ3v) is 5.90. The summed E-state index contributed by atoms with van der Waals surface area (Å²) in [5, 5.41) is 33.7. The van der Waals surface area contributed by atoms with Crippen LogP contribution in [0.2, 0.25) is 0 Å². The van der Waals surface area contributed by atoms with E-state index in [1.165, 1.54) is 0 Å². The second-order valence-electron chi connectivity index (χ2n) is 6.55. The van der Waals surface area contributed by atoms with Crippen LogP contribution in [0, 0.1) is 5.92 Å². The molecular weight excluding hydrogens is 352 g/mol. The van der Waals surface area contributed by atoms with Gasteiger partial charge in [0.05, 0.1) is 27.9 Å². The Hall–Kier alpha value is -2.26. The van der Waals surface area contributed by atoms with Crippen molar-refractivity contribution < 1.29 is 15.3 Å². The van der Waals surface area contributed by atoms with E-state index in [-0.39, 0.29) is 12.5 Å². The maximum absolute atomic E-state index is 10.3. The number of hydrogen-bond donors (Lipinski definition) is 5. The van der Waals surface area contributed by atoms with Gasteiger partial charge in [0.2, 0.25) is 0 Å². The predicted octanol–water partition coefficient (Wildman–Crippen LogP) is 1.45. The third-order valence-electron chi connectivity index (χ3n) is 4.83. The standard InChI is InChI=1S/C18H20N4O3S/c19-15-6-12(21-13-5-9(8-23)16(24)17(13)25)10(7-20-15)18-22-11-3-1-2-4-14(11)26-18/h1-4,6-7,9,13,16-17,23-25H,5,8H2,(H3,19,20,21)/t9-,13-,16-,17+/m1/s1. The van der Waals surface area contributed by atoms with Crippen LogP contribution in [-0.2, 0) is 0 Å². The third kappa shape index (κ3) is 3.01. The molecule has 26 heavy (non-hydrogen) atoms. The summed E-state index contributed by atoms with van der Waals surface area (Å²) in [6, 6.07) is 9.19. The van der Waals surface area contributed by atoms with E-state index < -0.39 is 18.2 Å². The van der Waals surface area contributed by atoms with Crippen LogP contribution in [0.5, 0.6) is 0 Å². The smallest absolute Gasteiger partial charge is 0.128 e. The van der Waals surface area contributed by atoms with Crippen molar-refractivity contribution in [2.75, 3.05) is 17.7 Å². The molecule has 0 aliphatic heterocycles. The number of fused-ring (bicyclic) bond motifs is 1. The van der Waals surface area contributed by atoms with Gasteiger partial charge in [-0.15, -0.1) is 11.3 Å². The molecule has 1 aromatic carbocycles. The summed E-state index contributed by atoms with van der Waals surface area (Å²) < 4.78 is 1.07. The molecule has 7 nitrogen and oxygen atoms in total. The minimum Gasteiger partial charge on any atom is -0.396 e. The number of pyridine rings is 1. The molecule has 1 aliphatic carbocycles. The highest BCUT2D eigenvalue weighted by molar-refractivity contribution is 7.21. The minimum absolute atomic E-state index is 0.167. The molecule has 136 valence electrons. The van der Waals surface area contributed by atoms with E-state index in [0.29, 0.717) is 17.9 Å². The number of hydrogen-bond acceptors (Lipinski definition) is 8. The van der Waals surface area contributed by atoms with E-state index in [9.17, 15) is 15.3 Å². The van der Waals surface area contributed by atoms with Crippen molar-refractivity contribution in [3.8, 4) is 10.6 Å². The SMILES string of the molecule is Nc1cc(N[C@@H]2C[C@H](CO)[C@@H](O)[C@H]2O)c(-c2nc3ccccc3s2)cn1. The summed E-state index contributed by atoms with van der Waals surface area (Å²) in [7, 11) is 0. The Kier molecular flexibility index (Phi) is 4.49. The number of anilines is 2. The number of nitrogens with zero attached hydrogens (tertiary/aromatic N) is 2. The van der Waals surface area contributed by atoms with Gasteiger partial charge in [-0.25, -0.2) is 9.97 Å². The maximum atomic E-state index is 10.3. The number of aliphatic hydroxyl groups is 3. The molecule has 2 heterocycles. The topological polar surface area (TPSA) is 125 Å². The fraction of sp³-hybridized carbons (Fsp3) is 0.333. The van der Waals surface area contributed by atoms with Crippen molar-refractivity contribution in [3.63, 3.8) is 0 Å². The fourth-order valence-corrected chi connectivity index (χ4v) is 4.39. The number of thiazole rings is 1. The molecular formula is C18H20N4O3S. The lowest BCUT2D eigenvalue weighted by atomic mass is 10.1. The highest BCUT2D eigenvalue weighted by Crippen LogP contribution is 2.37. The van der Waals surface area contributed by atoms with E-state index in [4.69, 9.17) is 5.73 Å². The van der Waals surface area contributed by atoms with Gasteiger partial charge in [-0.05, 0) is 18.6 Å². The molecule has 0 spiro atoms. The summed E-state index contributed by atoms with van der Waals surface area (Å²) in [4.78, 5) is 8.84. The van der Waals surface area contributed by atoms with Gasteiger partial charge in [-0.1, -0.05) is 12.1 Å². The minimum atomic E-state index is -0.968. The average molecular weight is 372 g/mol. The van der Waals surface area contributed by atoms with Gasteiger partial charge in [-0.2, -0.15) is 0 Å². The quantitative estimate of drug-likeness (QED) is 0.469. The van der Waals surface area contributed by atoms with E-state index in [1.54, 1.807) is 23.6 Å². The molecule has 0 saturated heterocycles. The normalized spacial score (nSPS) is 25.7. The highest BCUT2D eigenvalue weighted by atomic mass is 32.1. The molecule has 8 heteroatoms. The Morgan fingerprint density at radius 1 is 1.23 bits per heavy atom. The zero-order chi connectivity index (χ0) is 18.3. The van der Waals surface area contributed by atoms with E-state index >= 15 is 0 Å². The Labute approximate surface area is 154 Å². The van der Waals surface area contributed by atoms with Gasteiger partial charge in [0.15, 0.2) is 0 Å². The predicted molar refractivity (Wildman–Crippen MR) is 102 cm³/mol. The Balaban J connectivity index is 1.69. The second kappa shape index (κ2) is 6.81. The summed E-state index contributed by atoms with van der Waals surface area (Å²) in [5.74, 6) is -0.00307. The number of nitrogens with two attached hydrogens (primary N) is 1. The van der Waals surface area contributed by atoms with Gasteiger partial charge in [0.25, 0.3) is 0 Å². The van der Waals surface area contributed by atoms with Gasteiger partial charge in [-0.3, -0.25) is 0 Å². The molecule has 0 radical (unpaired) electrons. The van der Waals surface area contributed by atoms with Crippen molar-refractivity contribution >= 4 is 33.1 Å². The zero-order valence-electron chi connectivity index (χ0n) is 13.9. The van der Waals surface area contributed by atoms with Gasteiger partial charge in [0.1, 0.15) is 16.9 Å². The number of benzene rings is 1. The summed E-state index contributed by atoms with van der Waals surface area (Å²) >= 11 is 1.55. The zero-order valence-corrected chi connectivity index (χ0v) is 14.7. The molecule has 4 atom stereocenters. The van der Waals surface area contributed by atoms with Crippen LogP contribution >= 0.6 is 11.3 Å². The molecule has 1 saturated carbocycles. The molecule has 4 rings (SSSR count). The Morgan fingerprint density at radius 2 is 2.04 bits per heavy atom. The highest BCUT2D eigenvalue weighted by Gasteiger charge is 2.41. The van der Waals surface area contributed by atoms with E-state index in [1.807, 2.05) is 24.3 Å². The van der Waals surface area contributed by atoms with Crippen LogP contribution in [0.4, 0.5) is 11.5 Å². The van der Waals surface area contributed by atoms with Gasteiger partial charge in [0, 0.05) is 30.5 Å². The maximum Gasteiger partial charge on any atom is 0.128 e. The number of nitrogens with one attached hydrogen (secondary N) is 1. The number of para-hydroxylation sites is 1. The monoisotopic (exact) mass is 372 g/mol. The number of aliphatic hydroxyl groups excluding tert-OH is 3. The van der Waals surface area contributed by atoms with Crippen molar-refractivity contribution in [3.05, 3.63) is 36.5 Å². The lowest BCUT2D eigenvalue weighted by molar-refractivity contribution is 0.00448. The number of nitrogen functional groups attached to an aromatic ring is 1. The van der Waals surface area contributed by atoms with Gasteiger partial charge < -0.3 is 26.4 Å². The summed E-state index contributed by atoms with van der Waals surface area (Å²) in [6.45, 7) is -0.167. The largest absolute Gasteiger partial charge is 0.396 e. The molecule has 3 aromatic rings. The molecule has 0 bridgehead atoms. The molecule has 1 aliphatic rings. The molecule has 1 fully saturated rings. The lowest BCUT2D eigenvalue weighted by Crippen LogP contribution is -2.35. The number of aromatic nitrogens is 2. The first kappa shape index (κ1) is 17.2. The van der Waals surface area contributed by atoms with Crippen molar-refractivity contribution in [1.29, 1.82) is 0 Å². The summed E-state index contributed by atoms with van der Waals surface area (Å²) in [5.41, 5.74) is 8.25. The molecule has 0 unspecified atom stereocenters. The second-order valence-corrected chi connectivity index (χ2v) is 7.58. The lowest BCUT2D eigenvalue weighted by Gasteiger charge is -2.20. The first-order valence-corrected chi connectivity index (χ1v) is 9.23. The van der Waals surface area contributed by atoms with Crippen LogP contribution < -0.4 is 11.1 Å². The van der Waals surface area contributed by atoms with Crippen LogP contribution in [0.3, 0.4) is 0 Å². The van der Waals surface area contributed by atoms with E-state index in [0.717, 1.165) is 20.8 Å². The molecule has 2 aromatic heterocycles. The first-order valence-electron chi connectivity index (χ1n) is 8.42. The fourth-order valence-electron chi connectivity index (χ4n) is 3.40. The molecule has 0 amide bonds. The molecule has 6 N–H and O–H groups in total. The van der Waals surface area contributed by atoms with Crippen molar-refractivity contribution in [2.24, 2.45) is 5.92 Å². The van der Waals surface area contributed by atoms with Crippen LogP contribution in [-0.4, -0.2) is 50.1 Å². The van der Waals surface area contributed by atoms with Crippen molar-refractivity contribution in [1.82, 2.24) is 9.97 Å². The van der Waals surface area contributed by atoms with Crippen LogP contribution in [0.25, 0.3) is 20.8 Å². The average Bonchev–Trinajstić information content (AvgIpc) is 3.18. The van der Waals surface area contributed by atoms with Crippen molar-refractivity contribution in [2.45, 2.75) is 24.7 Å².